The summed E-state index contributed by atoms with van der Waals surface area (Å²) in [5.74, 6) is 1.86. The van der Waals surface area contributed by atoms with Gasteiger partial charge in [0.1, 0.15) is 11.2 Å². The minimum atomic E-state index is 0.600. The third kappa shape index (κ3) is 4.15. The van der Waals surface area contributed by atoms with E-state index in [1.165, 1.54) is 32.6 Å². The Balaban J connectivity index is 1.13. The Morgan fingerprint density at radius 3 is 1.71 bits per heavy atom. The first kappa shape index (κ1) is 26.6. The zero-order valence-corrected chi connectivity index (χ0v) is 25.7. The van der Waals surface area contributed by atoms with Crippen LogP contribution in [-0.2, 0) is 0 Å². The highest BCUT2D eigenvalue weighted by molar-refractivity contribution is 6.21. The van der Waals surface area contributed by atoms with Crippen molar-refractivity contribution in [2.24, 2.45) is 0 Å². The lowest BCUT2D eigenvalue weighted by atomic mass is 10.0. The number of furan rings is 1. The normalized spacial score (nSPS) is 11.8. The summed E-state index contributed by atoms with van der Waals surface area (Å²) < 4.78 is 8.94. The second-order valence-corrected chi connectivity index (χ2v) is 12.1. The summed E-state index contributed by atoms with van der Waals surface area (Å²) in [7, 11) is 0. The number of rotatable bonds is 4. The monoisotopic (exact) mass is 614 g/mol. The molecule has 0 spiro atoms. The van der Waals surface area contributed by atoms with E-state index in [0.717, 1.165) is 44.3 Å². The smallest absolute Gasteiger partial charge is 0.164 e. The summed E-state index contributed by atoms with van der Waals surface area (Å²) in [6.07, 6.45) is 0. The van der Waals surface area contributed by atoms with E-state index in [1.54, 1.807) is 0 Å². The molecular weight excluding hydrogens is 589 g/mol. The van der Waals surface area contributed by atoms with Gasteiger partial charge in [0, 0.05) is 50.0 Å². The molecule has 0 aliphatic carbocycles. The minimum absolute atomic E-state index is 0.600. The molecule has 0 amide bonds. The van der Waals surface area contributed by atoms with Crippen molar-refractivity contribution in [3.05, 3.63) is 158 Å². The van der Waals surface area contributed by atoms with Crippen molar-refractivity contribution in [2.45, 2.75) is 0 Å². The van der Waals surface area contributed by atoms with E-state index in [4.69, 9.17) is 19.4 Å². The Labute approximate surface area is 275 Å². The molecule has 0 radical (unpaired) electrons. The predicted octanol–water partition coefficient (Wildman–Crippen LogP) is 11.0. The summed E-state index contributed by atoms with van der Waals surface area (Å²) in [4.78, 5) is 14.7. The molecule has 0 fully saturated rings. The fraction of sp³-hybridized carbons (Fsp3) is 0. The third-order valence-corrected chi connectivity index (χ3v) is 9.23. The van der Waals surface area contributed by atoms with Crippen molar-refractivity contribution in [3.63, 3.8) is 0 Å². The van der Waals surface area contributed by atoms with Gasteiger partial charge < -0.3 is 8.98 Å². The van der Waals surface area contributed by atoms with Crippen LogP contribution in [0.1, 0.15) is 0 Å². The number of hydrogen-bond donors (Lipinski definition) is 0. The molecule has 0 aliphatic rings. The number of benzene rings is 7. The summed E-state index contributed by atoms with van der Waals surface area (Å²) in [5, 5.41) is 7.11. The lowest BCUT2D eigenvalue weighted by molar-refractivity contribution is 0.668. The van der Waals surface area contributed by atoms with Gasteiger partial charge in [-0.1, -0.05) is 115 Å². The van der Waals surface area contributed by atoms with Crippen LogP contribution in [0.2, 0.25) is 0 Å². The molecule has 10 aromatic rings. The summed E-state index contributed by atoms with van der Waals surface area (Å²) >= 11 is 0. The predicted molar refractivity (Wildman–Crippen MR) is 195 cm³/mol. The average molecular weight is 615 g/mol. The van der Waals surface area contributed by atoms with Crippen LogP contribution in [0.25, 0.3) is 94.4 Å². The van der Waals surface area contributed by atoms with Gasteiger partial charge >= 0.3 is 0 Å². The highest BCUT2D eigenvalue weighted by Gasteiger charge is 2.18. The second kappa shape index (κ2) is 10.5. The molecule has 224 valence electrons. The van der Waals surface area contributed by atoms with E-state index < -0.39 is 0 Å². The Kier molecular flexibility index (Phi) is 5.81. The molecule has 5 nitrogen and oxygen atoms in total. The maximum absolute atomic E-state index is 6.59. The Morgan fingerprint density at radius 1 is 0.396 bits per heavy atom. The number of para-hydroxylation sites is 1. The van der Waals surface area contributed by atoms with E-state index in [-0.39, 0.29) is 0 Å². The van der Waals surface area contributed by atoms with Crippen LogP contribution < -0.4 is 0 Å². The SMILES string of the molecule is c1ccc(-c2nc(-c3ccccc3)nc(-c3ccc4c(c3)oc3cc(-n5c6ccccc6c6c7ccccc7ccc65)ccc34)n2)cc1. The number of hydrogen-bond acceptors (Lipinski definition) is 4. The van der Waals surface area contributed by atoms with E-state index >= 15 is 0 Å². The van der Waals surface area contributed by atoms with Crippen LogP contribution >= 0.6 is 0 Å². The molecule has 48 heavy (non-hydrogen) atoms. The number of nitrogens with zero attached hydrogens (tertiary/aromatic N) is 4. The van der Waals surface area contributed by atoms with E-state index in [0.29, 0.717) is 17.5 Å². The van der Waals surface area contributed by atoms with Crippen molar-refractivity contribution in [1.29, 1.82) is 0 Å². The third-order valence-electron chi connectivity index (χ3n) is 9.23. The van der Waals surface area contributed by atoms with Gasteiger partial charge in [0.2, 0.25) is 0 Å². The van der Waals surface area contributed by atoms with Crippen LogP contribution in [-0.4, -0.2) is 19.5 Å². The fourth-order valence-corrected chi connectivity index (χ4v) is 7.00. The Morgan fingerprint density at radius 2 is 0.979 bits per heavy atom. The van der Waals surface area contributed by atoms with Crippen LogP contribution in [0.4, 0.5) is 0 Å². The summed E-state index contributed by atoms with van der Waals surface area (Å²) in [6, 6.07) is 54.5. The van der Waals surface area contributed by atoms with Crippen molar-refractivity contribution >= 4 is 54.5 Å². The van der Waals surface area contributed by atoms with Gasteiger partial charge in [-0.3, -0.25) is 0 Å². The number of fused-ring (bicyclic) bond motifs is 8. The highest BCUT2D eigenvalue weighted by atomic mass is 16.3. The molecule has 0 saturated heterocycles. The van der Waals surface area contributed by atoms with E-state index in [9.17, 15) is 0 Å². The zero-order chi connectivity index (χ0) is 31.6. The van der Waals surface area contributed by atoms with Crippen LogP contribution in [0, 0.1) is 0 Å². The van der Waals surface area contributed by atoms with Crippen LogP contribution in [0.3, 0.4) is 0 Å². The molecule has 3 heterocycles. The topological polar surface area (TPSA) is 56.7 Å². The molecule has 0 bridgehead atoms. The van der Waals surface area contributed by atoms with Gasteiger partial charge in [-0.25, -0.2) is 15.0 Å². The summed E-state index contributed by atoms with van der Waals surface area (Å²) in [5.41, 5.74) is 7.76. The lowest BCUT2D eigenvalue weighted by Crippen LogP contribution is -2.00. The lowest BCUT2D eigenvalue weighted by Gasteiger charge is -2.08. The molecule has 7 aromatic carbocycles. The zero-order valence-electron chi connectivity index (χ0n) is 25.7. The highest BCUT2D eigenvalue weighted by Crippen LogP contribution is 2.39. The van der Waals surface area contributed by atoms with Crippen molar-refractivity contribution in [2.75, 3.05) is 0 Å². The molecule has 5 heteroatoms. The second-order valence-electron chi connectivity index (χ2n) is 12.1. The average Bonchev–Trinajstić information content (AvgIpc) is 3.70. The largest absolute Gasteiger partial charge is 0.456 e. The molecule has 3 aromatic heterocycles. The van der Waals surface area contributed by atoms with Gasteiger partial charge in [-0.15, -0.1) is 0 Å². The first-order chi connectivity index (χ1) is 23.8. The number of aromatic nitrogens is 4. The Bertz CT molecular complexity index is 2780. The van der Waals surface area contributed by atoms with Gasteiger partial charge in [-0.05, 0) is 47.2 Å². The molecule has 0 N–H and O–H groups in total. The standard InChI is InChI=1S/C43H26N4O/c1-3-12-28(13-4-1)41-44-42(29-14-5-2-6-15-29)46-43(45-41)30-19-22-33-34-23-21-31(26-39(34)48-38(33)25-30)47-36-18-10-9-17-35(36)40-32-16-8-7-11-27(32)20-24-37(40)47/h1-26H. The van der Waals surface area contributed by atoms with Gasteiger partial charge in [0.15, 0.2) is 17.5 Å². The van der Waals surface area contributed by atoms with Gasteiger partial charge in [-0.2, -0.15) is 0 Å². The quantitative estimate of drug-likeness (QED) is 0.198. The first-order valence-electron chi connectivity index (χ1n) is 16.0. The van der Waals surface area contributed by atoms with Crippen LogP contribution in [0.15, 0.2) is 162 Å². The fourth-order valence-electron chi connectivity index (χ4n) is 7.00. The molecular formula is C43H26N4O. The summed E-state index contributed by atoms with van der Waals surface area (Å²) in [6.45, 7) is 0. The van der Waals surface area contributed by atoms with Crippen molar-refractivity contribution in [3.8, 4) is 39.9 Å². The molecule has 0 aliphatic heterocycles. The maximum Gasteiger partial charge on any atom is 0.164 e. The molecule has 0 atom stereocenters. The van der Waals surface area contributed by atoms with Gasteiger partial charge in [0.05, 0.1) is 11.0 Å². The Hall–Kier alpha value is -6.59. The van der Waals surface area contributed by atoms with Gasteiger partial charge in [0.25, 0.3) is 0 Å². The van der Waals surface area contributed by atoms with E-state index in [1.807, 2.05) is 66.7 Å². The molecule has 0 saturated carbocycles. The first-order valence-corrected chi connectivity index (χ1v) is 16.0. The van der Waals surface area contributed by atoms with E-state index in [2.05, 4.69) is 95.6 Å². The van der Waals surface area contributed by atoms with Crippen molar-refractivity contribution in [1.82, 2.24) is 19.5 Å². The minimum Gasteiger partial charge on any atom is -0.456 e. The molecule has 10 rings (SSSR count). The van der Waals surface area contributed by atoms with Crippen molar-refractivity contribution < 1.29 is 4.42 Å². The molecule has 0 unspecified atom stereocenters. The maximum atomic E-state index is 6.59. The van der Waals surface area contributed by atoms with Crippen LogP contribution in [0.5, 0.6) is 0 Å².